The first kappa shape index (κ1) is 21.8. The molecule has 34 heavy (non-hydrogen) atoms. The summed E-state index contributed by atoms with van der Waals surface area (Å²) in [5, 5.41) is 11.6. The minimum Gasteiger partial charge on any atom is -0.368 e. The summed E-state index contributed by atoms with van der Waals surface area (Å²) in [6.07, 6.45) is 3.29. The maximum atomic E-state index is 13.5. The van der Waals surface area contributed by atoms with Gasteiger partial charge in [-0.15, -0.1) is 5.10 Å². The van der Waals surface area contributed by atoms with Gasteiger partial charge in [0.25, 0.3) is 5.91 Å². The fourth-order valence-corrected chi connectivity index (χ4v) is 3.92. The minimum absolute atomic E-state index is 0.300. The van der Waals surface area contributed by atoms with Crippen molar-refractivity contribution in [2.75, 3.05) is 18.5 Å². The molecule has 0 spiro atoms. The number of hydrogen-bond acceptors (Lipinski definition) is 7. The van der Waals surface area contributed by atoms with Crippen molar-refractivity contribution in [3.63, 3.8) is 0 Å². The van der Waals surface area contributed by atoms with Gasteiger partial charge in [0.2, 0.25) is 5.95 Å². The first-order chi connectivity index (χ1) is 16.7. The highest BCUT2D eigenvalue weighted by Crippen LogP contribution is 2.30. The van der Waals surface area contributed by atoms with E-state index in [0.29, 0.717) is 48.2 Å². The number of anilines is 1. The highest BCUT2D eigenvalue weighted by molar-refractivity contribution is 5.90. The van der Waals surface area contributed by atoms with E-state index in [1.165, 1.54) is 22.4 Å². The lowest BCUT2D eigenvalue weighted by Crippen LogP contribution is -2.27. The molecule has 0 bridgehead atoms. The molecular formula is C25H23FN6O2. The zero-order valence-electron chi connectivity index (χ0n) is 18.4. The molecule has 0 radical (unpaired) electrons. The molecule has 1 atom stereocenters. The van der Waals surface area contributed by atoms with Crippen LogP contribution in [0.25, 0.3) is 22.6 Å². The maximum absolute atomic E-state index is 13.5. The van der Waals surface area contributed by atoms with Crippen molar-refractivity contribution in [2.45, 2.75) is 25.4 Å². The van der Waals surface area contributed by atoms with E-state index in [2.05, 4.69) is 37.7 Å². The van der Waals surface area contributed by atoms with Gasteiger partial charge in [-0.05, 0) is 55.2 Å². The molecular weight excluding hydrogens is 435 g/mol. The summed E-state index contributed by atoms with van der Waals surface area (Å²) < 4.78 is 20.3. The highest BCUT2D eigenvalue weighted by atomic mass is 19.1. The normalized spacial score (nSPS) is 15.4. The molecule has 5 rings (SSSR count). The molecule has 1 saturated heterocycles. The van der Waals surface area contributed by atoms with Crippen LogP contribution in [0.5, 0.6) is 0 Å². The third kappa shape index (κ3) is 4.69. The van der Waals surface area contributed by atoms with Crippen LogP contribution < -0.4 is 5.32 Å². The Balaban J connectivity index is 1.47. The van der Waals surface area contributed by atoms with Crippen molar-refractivity contribution in [1.29, 1.82) is 0 Å². The van der Waals surface area contributed by atoms with Crippen molar-refractivity contribution in [3.05, 3.63) is 78.2 Å². The van der Waals surface area contributed by atoms with Crippen LogP contribution in [0.2, 0.25) is 0 Å². The van der Waals surface area contributed by atoms with Crippen molar-refractivity contribution in [1.82, 2.24) is 25.0 Å². The van der Waals surface area contributed by atoms with Gasteiger partial charge >= 0.3 is 0 Å². The van der Waals surface area contributed by atoms with Gasteiger partial charge in [0, 0.05) is 24.9 Å². The molecule has 8 nitrogen and oxygen atoms in total. The Morgan fingerprint density at radius 1 is 1.12 bits per heavy atom. The molecule has 1 aliphatic heterocycles. The SMILES string of the molecule is O=C(C1CCCO1)n1nnc(-c2ccc(F)cc2)c1-c1ccnc(NCCc2ccccc2)n1. The molecule has 1 aliphatic rings. The quantitative estimate of drug-likeness (QED) is 0.447. The molecule has 2 aromatic heterocycles. The van der Waals surface area contributed by atoms with Crippen molar-refractivity contribution in [2.24, 2.45) is 0 Å². The maximum Gasteiger partial charge on any atom is 0.278 e. The van der Waals surface area contributed by atoms with Gasteiger partial charge in [-0.1, -0.05) is 35.5 Å². The van der Waals surface area contributed by atoms with E-state index >= 15 is 0 Å². The van der Waals surface area contributed by atoms with E-state index in [1.807, 2.05) is 18.2 Å². The molecule has 0 amide bonds. The third-order valence-electron chi connectivity index (χ3n) is 5.64. The van der Waals surface area contributed by atoms with Crippen LogP contribution in [0.15, 0.2) is 66.9 Å². The summed E-state index contributed by atoms with van der Waals surface area (Å²) in [5.74, 6) is -0.235. The van der Waals surface area contributed by atoms with Gasteiger partial charge < -0.3 is 10.1 Å². The van der Waals surface area contributed by atoms with Crippen molar-refractivity contribution < 1.29 is 13.9 Å². The molecule has 9 heteroatoms. The number of hydrogen-bond donors (Lipinski definition) is 1. The van der Waals surface area contributed by atoms with Gasteiger partial charge in [-0.2, -0.15) is 4.68 Å². The van der Waals surface area contributed by atoms with E-state index < -0.39 is 6.10 Å². The summed E-state index contributed by atoms with van der Waals surface area (Å²) >= 11 is 0. The number of nitrogens with one attached hydrogen (secondary N) is 1. The minimum atomic E-state index is -0.577. The highest BCUT2D eigenvalue weighted by Gasteiger charge is 2.30. The molecule has 0 aliphatic carbocycles. The average molecular weight is 458 g/mol. The number of nitrogens with zero attached hydrogens (tertiary/aromatic N) is 5. The second-order valence-electron chi connectivity index (χ2n) is 7.97. The Morgan fingerprint density at radius 2 is 1.94 bits per heavy atom. The first-order valence-electron chi connectivity index (χ1n) is 11.2. The number of rotatable bonds is 7. The standard InChI is InChI=1S/C25H23FN6O2/c26-19-10-8-18(9-11-19)22-23(32(31-30-22)24(33)21-7-4-16-34-21)20-13-15-28-25(29-20)27-14-12-17-5-2-1-3-6-17/h1-3,5-6,8-11,13,15,21H,4,7,12,14,16H2,(H,27,28,29). The Labute approximate surface area is 195 Å². The number of aromatic nitrogens is 5. The summed E-state index contributed by atoms with van der Waals surface area (Å²) in [6, 6.07) is 17.7. The summed E-state index contributed by atoms with van der Waals surface area (Å²) in [4.78, 5) is 22.1. The molecule has 1 N–H and O–H groups in total. The molecule has 4 aromatic rings. The average Bonchev–Trinajstić information content (AvgIpc) is 3.56. The first-order valence-corrected chi connectivity index (χ1v) is 11.2. The van der Waals surface area contributed by atoms with Gasteiger partial charge in [-0.25, -0.2) is 14.4 Å². The number of halogens is 1. The Hall–Kier alpha value is -3.98. The predicted molar refractivity (Wildman–Crippen MR) is 125 cm³/mol. The van der Waals surface area contributed by atoms with Gasteiger partial charge in [0.05, 0.1) is 5.69 Å². The predicted octanol–water partition coefficient (Wildman–Crippen LogP) is 4.02. The van der Waals surface area contributed by atoms with Crippen LogP contribution in [0.4, 0.5) is 10.3 Å². The van der Waals surface area contributed by atoms with E-state index in [4.69, 9.17) is 4.74 Å². The molecule has 3 heterocycles. The lowest BCUT2D eigenvalue weighted by atomic mass is 10.1. The molecule has 1 unspecified atom stereocenters. The summed E-state index contributed by atoms with van der Waals surface area (Å²) in [5.41, 5.74) is 3.16. The van der Waals surface area contributed by atoms with Gasteiger partial charge in [0.15, 0.2) is 0 Å². The van der Waals surface area contributed by atoms with E-state index in [1.54, 1.807) is 24.4 Å². The van der Waals surface area contributed by atoms with E-state index in [0.717, 1.165) is 12.8 Å². The monoisotopic (exact) mass is 458 g/mol. The van der Waals surface area contributed by atoms with Crippen molar-refractivity contribution in [3.8, 4) is 22.6 Å². The van der Waals surface area contributed by atoms with Crippen LogP contribution >= 0.6 is 0 Å². The zero-order valence-corrected chi connectivity index (χ0v) is 18.4. The lowest BCUT2D eigenvalue weighted by Gasteiger charge is -2.12. The van der Waals surface area contributed by atoms with Crippen LogP contribution in [-0.4, -0.2) is 50.1 Å². The zero-order chi connectivity index (χ0) is 23.3. The van der Waals surface area contributed by atoms with Crippen LogP contribution in [0.1, 0.15) is 23.2 Å². The smallest absolute Gasteiger partial charge is 0.278 e. The van der Waals surface area contributed by atoms with Crippen LogP contribution in [0, 0.1) is 5.82 Å². The van der Waals surface area contributed by atoms with Crippen LogP contribution in [-0.2, 0) is 11.2 Å². The second-order valence-corrected chi connectivity index (χ2v) is 7.97. The third-order valence-corrected chi connectivity index (χ3v) is 5.64. The molecule has 1 fully saturated rings. The Bertz CT molecular complexity index is 1270. The molecule has 2 aromatic carbocycles. The van der Waals surface area contributed by atoms with Crippen LogP contribution in [0.3, 0.4) is 0 Å². The van der Waals surface area contributed by atoms with Gasteiger partial charge in [-0.3, -0.25) is 4.79 Å². The second kappa shape index (κ2) is 9.88. The largest absolute Gasteiger partial charge is 0.368 e. The van der Waals surface area contributed by atoms with E-state index in [9.17, 15) is 9.18 Å². The molecule has 172 valence electrons. The lowest BCUT2D eigenvalue weighted by molar-refractivity contribution is 0.0538. The van der Waals surface area contributed by atoms with Gasteiger partial charge in [0.1, 0.15) is 23.3 Å². The molecule has 0 saturated carbocycles. The fraction of sp³-hybridized carbons (Fsp3) is 0.240. The number of carbonyl (C=O) groups excluding carboxylic acids is 1. The Morgan fingerprint density at radius 3 is 2.71 bits per heavy atom. The Kier molecular flexibility index (Phi) is 6.35. The number of benzene rings is 2. The summed E-state index contributed by atoms with van der Waals surface area (Å²) in [7, 11) is 0. The summed E-state index contributed by atoms with van der Waals surface area (Å²) in [6.45, 7) is 1.18. The fourth-order valence-electron chi connectivity index (χ4n) is 3.92. The topological polar surface area (TPSA) is 94.8 Å². The van der Waals surface area contributed by atoms with Crippen molar-refractivity contribution >= 4 is 11.9 Å². The number of ether oxygens (including phenoxy) is 1. The number of carbonyl (C=O) groups is 1. The van der Waals surface area contributed by atoms with E-state index in [-0.39, 0.29) is 11.7 Å².